The molecule has 0 aromatic heterocycles. The molecule has 0 aliphatic heterocycles. The van der Waals surface area contributed by atoms with Gasteiger partial charge in [-0.3, -0.25) is 4.90 Å². The maximum atomic E-state index is 12.8. The molecule has 2 saturated carbocycles. The van der Waals surface area contributed by atoms with Gasteiger partial charge in [-0.1, -0.05) is 25.7 Å². The lowest BCUT2D eigenvalue weighted by Gasteiger charge is -2.38. The Bertz CT molecular complexity index is 290. The average molecular weight is 304 g/mol. The molecule has 2 N–H and O–H groups in total. The van der Waals surface area contributed by atoms with E-state index in [9.17, 15) is 8.78 Å². The summed E-state index contributed by atoms with van der Waals surface area (Å²) < 4.78 is 25.5. The molecule has 5 heteroatoms. The van der Waals surface area contributed by atoms with Crippen molar-refractivity contribution in [1.29, 1.82) is 0 Å². The molecule has 0 aromatic rings. The highest BCUT2D eigenvalue weighted by Crippen LogP contribution is 2.36. The van der Waals surface area contributed by atoms with Gasteiger partial charge in [0.2, 0.25) is 0 Å². The third-order valence-electron chi connectivity index (χ3n) is 4.88. The minimum absolute atomic E-state index is 0.0428. The highest BCUT2D eigenvalue weighted by Gasteiger charge is 2.35. The van der Waals surface area contributed by atoms with Crippen molar-refractivity contribution in [3.63, 3.8) is 0 Å². The first-order chi connectivity index (χ1) is 10.1. The van der Waals surface area contributed by atoms with Crippen molar-refractivity contribution in [2.24, 2.45) is 5.41 Å². The van der Waals surface area contributed by atoms with Crippen LogP contribution in [-0.2, 0) is 0 Å². The number of rotatable bonds is 9. The molecule has 21 heavy (non-hydrogen) atoms. The molecule has 0 atom stereocenters. The highest BCUT2D eigenvalue weighted by atomic mass is 19.3. The van der Waals surface area contributed by atoms with E-state index < -0.39 is 6.43 Å². The van der Waals surface area contributed by atoms with E-state index in [1.807, 2.05) is 0 Å². The molecule has 0 radical (unpaired) electrons. The highest BCUT2D eigenvalue weighted by molar-refractivity contribution is 4.91. The van der Waals surface area contributed by atoms with Crippen LogP contribution in [0.25, 0.3) is 0 Å². The monoisotopic (exact) mass is 304 g/mol. The second kappa shape index (κ2) is 8.39. The van der Waals surface area contributed by atoms with Gasteiger partial charge in [0, 0.05) is 25.7 Å². The van der Waals surface area contributed by atoms with Crippen LogP contribution in [0.4, 0.5) is 8.78 Å². The van der Waals surface area contributed by atoms with Crippen molar-refractivity contribution < 1.29 is 13.9 Å². The summed E-state index contributed by atoms with van der Waals surface area (Å²) in [6, 6.07) is 0.659. The standard InChI is InChI=1S/C16H30F2N2O/c17-15(18)11-20(9-10-21)13-16(12-19-14-5-6-14)7-3-1-2-4-8-16/h14-15,19,21H,1-13H2. The molecule has 2 aliphatic carbocycles. The fraction of sp³-hybridized carbons (Fsp3) is 1.00. The Morgan fingerprint density at radius 2 is 1.81 bits per heavy atom. The van der Waals surface area contributed by atoms with Crippen LogP contribution in [0.5, 0.6) is 0 Å². The Labute approximate surface area is 127 Å². The zero-order valence-electron chi connectivity index (χ0n) is 13.0. The van der Waals surface area contributed by atoms with E-state index in [2.05, 4.69) is 5.32 Å². The fourth-order valence-electron chi connectivity index (χ4n) is 3.56. The Kier molecular flexibility index (Phi) is 6.83. The molecule has 2 fully saturated rings. The summed E-state index contributed by atoms with van der Waals surface area (Å²) in [6.45, 7) is 1.74. The summed E-state index contributed by atoms with van der Waals surface area (Å²) in [7, 11) is 0. The summed E-state index contributed by atoms with van der Waals surface area (Å²) in [4.78, 5) is 1.77. The van der Waals surface area contributed by atoms with Gasteiger partial charge in [-0.15, -0.1) is 0 Å². The van der Waals surface area contributed by atoms with E-state index in [1.54, 1.807) is 4.90 Å². The first-order valence-electron chi connectivity index (χ1n) is 8.48. The largest absolute Gasteiger partial charge is 0.395 e. The van der Waals surface area contributed by atoms with E-state index in [1.165, 1.54) is 38.5 Å². The molecule has 2 rings (SSSR count). The molecule has 3 nitrogen and oxygen atoms in total. The molecule has 2 aliphatic rings. The number of aliphatic hydroxyl groups excluding tert-OH is 1. The van der Waals surface area contributed by atoms with Crippen LogP contribution in [0.15, 0.2) is 0 Å². The summed E-state index contributed by atoms with van der Waals surface area (Å²) >= 11 is 0. The minimum Gasteiger partial charge on any atom is -0.395 e. The number of nitrogens with one attached hydrogen (secondary N) is 1. The van der Waals surface area contributed by atoms with Crippen LogP contribution in [0, 0.1) is 5.41 Å². The van der Waals surface area contributed by atoms with Crippen LogP contribution in [-0.4, -0.2) is 55.3 Å². The van der Waals surface area contributed by atoms with Gasteiger partial charge in [0.05, 0.1) is 13.2 Å². The Hall–Kier alpha value is -0.260. The van der Waals surface area contributed by atoms with Gasteiger partial charge < -0.3 is 10.4 Å². The number of halogens is 2. The minimum atomic E-state index is -2.32. The molecular formula is C16H30F2N2O. The third-order valence-corrected chi connectivity index (χ3v) is 4.88. The predicted octanol–water partition coefficient (Wildman–Crippen LogP) is 2.64. The van der Waals surface area contributed by atoms with Crippen molar-refractivity contribution >= 4 is 0 Å². The molecule has 0 amide bonds. The quantitative estimate of drug-likeness (QED) is 0.643. The van der Waals surface area contributed by atoms with Gasteiger partial charge in [-0.25, -0.2) is 8.78 Å². The van der Waals surface area contributed by atoms with Crippen LogP contribution in [0.2, 0.25) is 0 Å². The summed E-state index contributed by atoms with van der Waals surface area (Å²) in [5.41, 5.74) is 0.114. The van der Waals surface area contributed by atoms with Crippen LogP contribution in [0.1, 0.15) is 51.4 Å². The lowest BCUT2D eigenvalue weighted by molar-refractivity contribution is 0.0450. The van der Waals surface area contributed by atoms with E-state index in [4.69, 9.17) is 5.11 Å². The van der Waals surface area contributed by atoms with Gasteiger partial charge in [0.15, 0.2) is 0 Å². The lowest BCUT2D eigenvalue weighted by Crippen LogP contribution is -2.46. The van der Waals surface area contributed by atoms with Gasteiger partial charge >= 0.3 is 0 Å². The number of hydrogen-bond donors (Lipinski definition) is 2. The second-order valence-corrected chi connectivity index (χ2v) is 6.92. The molecule has 0 unspecified atom stereocenters. The van der Waals surface area contributed by atoms with Crippen LogP contribution in [0.3, 0.4) is 0 Å². The van der Waals surface area contributed by atoms with Crippen molar-refractivity contribution in [2.75, 3.05) is 32.8 Å². The zero-order chi connectivity index (χ0) is 15.1. The molecule has 124 valence electrons. The molecule has 0 spiro atoms. The first-order valence-corrected chi connectivity index (χ1v) is 8.48. The van der Waals surface area contributed by atoms with E-state index in [0.29, 0.717) is 19.1 Å². The fourth-order valence-corrected chi connectivity index (χ4v) is 3.56. The SMILES string of the molecule is OCCN(CC(F)F)CC1(CNC2CC2)CCCCCC1. The maximum Gasteiger partial charge on any atom is 0.251 e. The number of aliphatic hydroxyl groups is 1. The van der Waals surface area contributed by atoms with Gasteiger partial charge in [0.25, 0.3) is 6.43 Å². The second-order valence-electron chi connectivity index (χ2n) is 6.92. The maximum absolute atomic E-state index is 12.8. The molecule has 0 saturated heterocycles. The van der Waals surface area contributed by atoms with Gasteiger partial charge in [0.1, 0.15) is 0 Å². The number of alkyl halides is 2. The smallest absolute Gasteiger partial charge is 0.251 e. The van der Waals surface area contributed by atoms with Gasteiger partial charge in [-0.2, -0.15) is 0 Å². The Morgan fingerprint density at radius 1 is 1.14 bits per heavy atom. The average Bonchev–Trinajstić information content (AvgIpc) is 3.24. The first kappa shape index (κ1) is 17.1. The molecule has 0 aromatic carbocycles. The van der Waals surface area contributed by atoms with E-state index in [0.717, 1.165) is 19.4 Å². The van der Waals surface area contributed by atoms with Crippen molar-refractivity contribution in [3.8, 4) is 0 Å². The Balaban J connectivity index is 1.96. The van der Waals surface area contributed by atoms with Crippen molar-refractivity contribution in [3.05, 3.63) is 0 Å². The number of nitrogens with zero attached hydrogens (tertiary/aromatic N) is 1. The molecule has 0 heterocycles. The van der Waals surface area contributed by atoms with E-state index >= 15 is 0 Å². The molecule has 0 bridgehead atoms. The third kappa shape index (κ3) is 6.17. The van der Waals surface area contributed by atoms with Crippen LogP contribution < -0.4 is 5.32 Å². The van der Waals surface area contributed by atoms with E-state index in [-0.39, 0.29) is 18.6 Å². The predicted molar refractivity (Wildman–Crippen MR) is 80.7 cm³/mol. The van der Waals surface area contributed by atoms with Crippen molar-refractivity contribution in [2.45, 2.75) is 63.8 Å². The summed E-state index contributed by atoms with van der Waals surface area (Å²) in [5, 5.41) is 12.8. The topological polar surface area (TPSA) is 35.5 Å². The van der Waals surface area contributed by atoms with Crippen LogP contribution >= 0.6 is 0 Å². The molecular weight excluding hydrogens is 274 g/mol. The van der Waals surface area contributed by atoms with Gasteiger partial charge in [-0.05, 0) is 31.1 Å². The Morgan fingerprint density at radius 3 is 2.33 bits per heavy atom. The summed E-state index contributed by atoms with van der Waals surface area (Å²) in [5.74, 6) is 0. The zero-order valence-corrected chi connectivity index (χ0v) is 13.0. The van der Waals surface area contributed by atoms with Crippen molar-refractivity contribution in [1.82, 2.24) is 10.2 Å². The summed E-state index contributed by atoms with van der Waals surface area (Å²) in [6.07, 6.45) is 7.37. The number of hydrogen-bond acceptors (Lipinski definition) is 3. The lowest BCUT2D eigenvalue weighted by atomic mass is 9.79. The normalized spacial score (nSPS) is 22.7.